The number of aliphatic hydroxyl groups is 1. The van der Waals surface area contributed by atoms with Crippen LogP contribution in [0.4, 0.5) is 11.4 Å². The number of ether oxygens (including phenoxy) is 1. The van der Waals surface area contributed by atoms with Gasteiger partial charge in [-0.3, -0.25) is 19.7 Å². The molecule has 0 aromatic heterocycles. The van der Waals surface area contributed by atoms with Gasteiger partial charge in [0.15, 0.2) is 6.10 Å². The van der Waals surface area contributed by atoms with Gasteiger partial charge in [0.1, 0.15) is 6.04 Å². The number of aliphatic hydroxyl groups excluding tert-OH is 1. The minimum atomic E-state index is -4.10. The summed E-state index contributed by atoms with van der Waals surface area (Å²) < 4.78 is 32.4. The number of esters is 1. The van der Waals surface area contributed by atoms with Gasteiger partial charge in [-0.25, -0.2) is 8.42 Å². The number of anilines is 1. The standard InChI is InChI=1S/C22H25N3O8S/c1-13-4-9-19(10-14(13)2)34(31,32)24-12-18(26)11-20(24)22(28)33-15(3)21(27)23-16-5-7-17(8-6-16)25(29)30/h4-10,15,18,20,26H,11-12H2,1-3H3,(H,23,27). The number of hydrogen-bond donors (Lipinski definition) is 2. The monoisotopic (exact) mass is 491 g/mol. The molecular weight excluding hydrogens is 466 g/mol. The highest BCUT2D eigenvalue weighted by atomic mass is 32.2. The molecule has 2 aromatic rings. The van der Waals surface area contributed by atoms with Crippen LogP contribution in [0.3, 0.4) is 0 Å². The molecule has 3 unspecified atom stereocenters. The number of carbonyl (C=O) groups excluding carboxylic acids is 2. The van der Waals surface area contributed by atoms with E-state index in [1.54, 1.807) is 13.0 Å². The molecule has 1 heterocycles. The van der Waals surface area contributed by atoms with Crippen LogP contribution in [-0.2, 0) is 24.3 Å². The van der Waals surface area contributed by atoms with Gasteiger partial charge in [-0.1, -0.05) is 6.07 Å². The van der Waals surface area contributed by atoms with Crippen molar-refractivity contribution >= 4 is 33.3 Å². The summed E-state index contributed by atoms with van der Waals surface area (Å²) >= 11 is 0. The average molecular weight is 492 g/mol. The summed E-state index contributed by atoms with van der Waals surface area (Å²) in [6.07, 6.45) is -2.52. The molecule has 0 aliphatic carbocycles. The van der Waals surface area contributed by atoms with Gasteiger partial charge in [0.25, 0.3) is 11.6 Å². The largest absolute Gasteiger partial charge is 0.451 e. The first-order valence-corrected chi connectivity index (χ1v) is 11.9. The van der Waals surface area contributed by atoms with E-state index >= 15 is 0 Å². The number of benzene rings is 2. The minimum absolute atomic E-state index is 0.00791. The molecule has 1 fully saturated rings. The number of rotatable bonds is 7. The fourth-order valence-electron chi connectivity index (χ4n) is 3.49. The smallest absolute Gasteiger partial charge is 0.325 e. The van der Waals surface area contributed by atoms with E-state index in [4.69, 9.17) is 4.74 Å². The summed E-state index contributed by atoms with van der Waals surface area (Å²) in [5.74, 6) is -1.67. The lowest BCUT2D eigenvalue weighted by Crippen LogP contribution is -2.43. The molecule has 3 atom stereocenters. The number of nitro benzene ring substituents is 1. The van der Waals surface area contributed by atoms with E-state index in [2.05, 4.69) is 5.32 Å². The van der Waals surface area contributed by atoms with Crippen LogP contribution in [-0.4, -0.2) is 59.4 Å². The highest BCUT2D eigenvalue weighted by Crippen LogP contribution is 2.28. The van der Waals surface area contributed by atoms with Gasteiger partial charge in [0.2, 0.25) is 10.0 Å². The highest BCUT2D eigenvalue weighted by molar-refractivity contribution is 7.89. The molecule has 182 valence electrons. The molecule has 12 heteroatoms. The first-order chi connectivity index (χ1) is 15.9. The molecule has 2 N–H and O–H groups in total. The summed E-state index contributed by atoms with van der Waals surface area (Å²) in [6, 6.07) is 8.38. The third kappa shape index (κ3) is 5.41. The normalized spacial score (nSPS) is 19.4. The van der Waals surface area contributed by atoms with Gasteiger partial charge >= 0.3 is 5.97 Å². The number of nitrogens with one attached hydrogen (secondary N) is 1. The van der Waals surface area contributed by atoms with Crippen LogP contribution >= 0.6 is 0 Å². The van der Waals surface area contributed by atoms with Crippen molar-refractivity contribution in [3.63, 3.8) is 0 Å². The lowest BCUT2D eigenvalue weighted by molar-refractivity contribution is -0.384. The Hall–Kier alpha value is -3.35. The molecule has 1 saturated heterocycles. The topological polar surface area (TPSA) is 156 Å². The third-order valence-electron chi connectivity index (χ3n) is 5.60. The molecule has 0 spiro atoms. The molecule has 0 radical (unpaired) electrons. The number of nitro groups is 1. The van der Waals surface area contributed by atoms with Crippen LogP contribution < -0.4 is 5.32 Å². The zero-order valence-electron chi connectivity index (χ0n) is 18.8. The Morgan fingerprint density at radius 2 is 1.82 bits per heavy atom. The van der Waals surface area contributed by atoms with E-state index in [1.807, 2.05) is 6.92 Å². The van der Waals surface area contributed by atoms with Crippen molar-refractivity contribution in [1.29, 1.82) is 0 Å². The Balaban J connectivity index is 1.71. The lowest BCUT2D eigenvalue weighted by Gasteiger charge is -2.24. The van der Waals surface area contributed by atoms with Crippen molar-refractivity contribution in [2.24, 2.45) is 0 Å². The SMILES string of the molecule is Cc1ccc(S(=O)(=O)N2CC(O)CC2C(=O)OC(C)C(=O)Nc2ccc([N+](=O)[O-])cc2)cc1C. The molecular formula is C22H25N3O8S. The maximum absolute atomic E-state index is 13.2. The van der Waals surface area contributed by atoms with Gasteiger partial charge < -0.3 is 15.2 Å². The van der Waals surface area contributed by atoms with Gasteiger partial charge in [-0.2, -0.15) is 4.31 Å². The van der Waals surface area contributed by atoms with Gasteiger partial charge in [0, 0.05) is 30.8 Å². The predicted octanol–water partition coefficient (Wildman–Crippen LogP) is 1.91. The van der Waals surface area contributed by atoms with E-state index < -0.39 is 45.1 Å². The van der Waals surface area contributed by atoms with Gasteiger partial charge in [0.05, 0.1) is 15.9 Å². The van der Waals surface area contributed by atoms with Crippen LogP contribution in [0, 0.1) is 24.0 Å². The zero-order chi connectivity index (χ0) is 25.2. The van der Waals surface area contributed by atoms with Crippen LogP contribution in [0.25, 0.3) is 0 Å². The predicted molar refractivity (Wildman–Crippen MR) is 121 cm³/mol. The van der Waals surface area contributed by atoms with Crippen molar-refractivity contribution in [3.05, 3.63) is 63.7 Å². The number of carbonyl (C=O) groups is 2. The number of amides is 1. The molecule has 1 aliphatic heterocycles. The quantitative estimate of drug-likeness (QED) is 0.338. The van der Waals surface area contributed by atoms with Gasteiger partial charge in [-0.05, 0) is 56.2 Å². The van der Waals surface area contributed by atoms with E-state index in [9.17, 15) is 33.2 Å². The first-order valence-electron chi connectivity index (χ1n) is 10.4. The number of non-ortho nitro benzene ring substituents is 1. The maximum atomic E-state index is 13.2. The third-order valence-corrected chi connectivity index (χ3v) is 7.47. The summed E-state index contributed by atoms with van der Waals surface area (Å²) in [7, 11) is -4.10. The second-order valence-electron chi connectivity index (χ2n) is 8.10. The first kappa shape index (κ1) is 25.3. The van der Waals surface area contributed by atoms with Crippen LogP contribution in [0.1, 0.15) is 24.5 Å². The van der Waals surface area contributed by atoms with Crippen LogP contribution in [0.15, 0.2) is 47.4 Å². The second kappa shape index (κ2) is 9.87. The summed E-state index contributed by atoms with van der Waals surface area (Å²) in [6.45, 7) is 4.64. The van der Waals surface area contributed by atoms with Crippen molar-refractivity contribution in [2.45, 2.75) is 50.3 Å². The lowest BCUT2D eigenvalue weighted by atomic mass is 10.1. The number of nitrogens with zero attached hydrogens (tertiary/aromatic N) is 2. The number of sulfonamides is 1. The van der Waals surface area contributed by atoms with E-state index in [0.29, 0.717) is 0 Å². The molecule has 1 aliphatic rings. The molecule has 3 rings (SSSR count). The Labute approximate surface area is 196 Å². The molecule has 1 amide bonds. The van der Waals surface area contributed by atoms with Crippen molar-refractivity contribution in [3.8, 4) is 0 Å². The average Bonchev–Trinajstić information content (AvgIpc) is 3.18. The molecule has 11 nitrogen and oxygen atoms in total. The molecule has 2 aromatic carbocycles. The van der Waals surface area contributed by atoms with E-state index in [-0.39, 0.29) is 29.2 Å². The fraction of sp³-hybridized carbons (Fsp3) is 0.364. The van der Waals surface area contributed by atoms with Crippen molar-refractivity contribution in [1.82, 2.24) is 4.31 Å². The van der Waals surface area contributed by atoms with Crippen molar-refractivity contribution < 1.29 is 32.8 Å². The highest BCUT2D eigenvalue weighted by Gasteiger charge is 2.45. The van der Waals surface area contributed by atoms with Crippen molar-refractivity contribution in [2.75, 3.05) is 11.9 Å². The molecule has 0 saturated carbocycles. The summed E-state index contributed by atoms with van der Waals surface area (Å²) in [4.78, 5) is 35.3. The zero-order valence-corrected chi connectivity index (χ0v) is 19.6. The minimum Gasteiger partial charge on any atom is -0.451 e. The van der Waals surface area contributed by atoms with Crippen LogP contribution in [0.2, 0.25) is 0 Å². The number of aryl methyl sites for hydroxylation is 2. The number of hydrogen-bond acceptors (Lipinski definition) is 8. The Kier molecular flexibility index (Phi) is 7.34. The van der Waals surface area contributed by atoms with E-state index in [0.717, 1.165) is 15.4 Å². The van der Waals surface area contributed by atoms with Crippen LogP contribution in [0.5, 0.6) is 0 Å². The Morgan fingerprint density at radius 1 is 1.18 bits per heavy atom. The Morgan fingerprint density at radius 3 is 2.41 bits per heavy atom. The molecule has 0 bridgehead atoms. The number of β-amino-alcohol motifs (C(OH)–C–C–N with tert-alkyl or cyclic N) is 1. The van der Waals surface area contributed by atoms with Gasteiger partial charge in [-0.15, -0.1) is 0 Å². The summed E-state index contributed by atoms with van der Waals surface area (Å²) in [5.41, 5.74) is 1.77. The Bertz CT molecular complexity index is 1210. The maximum Gasteiger partial charge on any atom is 0.325 e. The molecule has 34 heavy (non-hydrogen) atoms. The second-order valence-corrected chi connectivity index (χ2v) is 9.99. The fourth-order valence-corrected chi connectivity index (χ4v) is 5.20. The summed E-state index contributed by atoms with van der Waals surface area (Å²) in [5, 5.41) is 23.3. The van der Waals surface area contributed by atoms with E-state index in [1.165, 1.54) is 43.3 Å².